The Kier molecular flexibility index (Phi) is 4.46. The number of aryl methyl sites for hydroxylation is 2. The van der Waals surface area contributed by atoms with Crippen LogP contribution in [0, 0.1) is 19.3 Å². The molecule has 1 fully saturated rings. The molecule has 0 radical (unpaired) electrons. The molecular weight excluding hydrogens is 296 g/mol. The van der Waals surface area contributed by atoms with Crippen LogP contribution in [0.15, 0.2) is 18.2 Å². The molecule has 1 aliphatic rings. The average molecular weight is 326 g/mol. The maximum atomic E-state index is 12.4. The fourth-order valence-electron chi connectivity index (χ4n) is 3.85. The molecule has 0 unspecified atom stereocenters. The second-order valence-corrected chi connectivity index (χ2v) is 8.61. The molecule has 130 valence electrons. The summed E-state index contributed by atoms with van der Waals surface area (Å²) in [5.74, 6) is 0.848. The van der Waals surface area contributed by atoms with Crippen LogP contribution in [0.3, 0.4) is 0 Å². The van der Waals surface area contributed by atoms with Crippen molar-refractivity contribution in [2.24, 2.45) is 5.41 Å². The number of aromatic nitrogens is 1. The van der Waals surface area contributed by atoms with Crippen molar-refractivity contribution in [3.05, 3.63) is 35.0 Å². The smallest absolute Gasteiger partial charge is 0.223 e. The molecule has 0 bridgehead atoms. The lowest BCUT2D eigenvalue weighted by Crippen LogP contribution is -2.39. The second kappa shape index (κ2) is 6.27. The predicted octanol–water partition coefficient (Wildman–Crippen LogP) is 4.93. The van der Waals surface area contributed by atoms with Crippen LogP contribution in [0.5, 0.6) is 0 Å². The number of likely N-dealkylation sites (tertiary alicyclic amines) is 1. The number of aromatic amines is 1. The van der Waals surface area contributed by atoms with Crippen LogP contribution in [0.4, 0.5) is 0 Å². The van der Waals surface area contributed by atoms with E-state index in [1.165, 1.54) is 27.7 Å². The SMILES string of the molecule is Cc1ccc2[nH]c(C3CCN(C(=O)CC(C)(C)C)CC3)c(C)c2c1. The number of carbonyl (C=O) groups excluding carboxylic acids is 1. The van der Waals surface area contributed by atoms with E-state index in [0.29, 0.717) is 18.2 Å². The summed E-state index contributed by atoms with van der Waals surface area (Å²) in [5.41, 5.74) is 5.37. The Labute approximate surface area is 145 Å². The second-order valence-electron chi connectivity index (χ2n) is 8.61. The van der Waals surface area contributed by atoms with Crippen molar-refractivity contribution in [2.45, 2.75) is 59.8 Å². The number of hydrogen-bond acceptors (Lipinski definition) is 1. The molecule has 2 aromatic rings. The number of nitrogens with zero attached hydrogens (tertiary/aromatic N) is 1. The van der Waals surface area contributed by atoms with Crippen molar-refractivity contribution in [3.63, 3.8) is 0 Å². The minimum absolute atomic E-state index is 0.0690. The van der Waals surface area contributed by atoms with E-state index in [-0.39, 0.29) is 5.41 Å². The van der Waals surface area contributed by atoms with Gasteiger partial charge in [-0.3, -0.25) is 4.79 Å². The van der Waals surface area contributed by atoms with E-state index in [9.17, 15) is 4.79 Å². The van der Waals surface area contributed by atoms with Gasteiger partial charge in [0.2, 0.25) is 5.91 Å². The van der Waals surface area contributed by atoms with Gasteiger partial charge in [0, 0.05) is 42.0 Å². The summed E-state index contributed by atoms with van der Waals surface area (Å²) in [5, 5.41) is 1.34. The lowest BCUT2D eigenvalue weighted by atomic mass is 9.88. The highest BCUT2D eigenvalue weighted by Gasteiger charge is 2.28. The molecule has 0 saturated carbocycles. The first-order valence-corrected chi connectivity index (χ1v) is 9.11. The molecule has 3 nitrogen and oxygen atoms in total. The van der Waals surface area contributed by atoms with Crippen LogP contribution in [0.2, 0.25) is 0 Å². The first-order chi connectivity index (χ1) is 11.2. The van der Waals surface area contributed by atoms with Gasteiger partial charge in [0.1, 0.15) is 0 Å². The summed E-state index contributed by atoms with van der Waals surface area (Å²) in [4.78, 5) is 18.1. The predicted molar refractivity (Wildman–Crippen MR) is 100 cm³/mol. The van der Waals surface area contributed by atoms with Crippen molar-refractivity contribution in [1.29, 1.82) is 0 Å². The van der Waals surface area contributed by atoms with Crippen molar-refractivity contribution < 1.29 is 4.79 Å². The van der Waals surface area contributed by atoms with E-state index in [4.69, 9.17) is 0 Å². The highest BCUT2D eigenvalue weighted by atomic mass is 16.2. The Morgan fingerprint density at radius 2 is 1.88 bits per heavy atom. The first-order valence-electron chi connectivity index (χ1n) is 9.11. The van der Waals surface area contributed by atoms with Crippen LogP contribution in [-0.2, 0) is 4.79 Å². The van der Waals surface area contributed by atoms with E-state index < -0.39 is 0 Å². The average Bonchev–Trinajstić information content (AvgIpc) is 2.83. The van der Waals surface area contributed by atoms with E-state index in [1.807, 2.05) is 0 Å². The van der Waals surface area contributed by atoms with Crippen molar-refractivity contribution in [2.75, 3.05) is 13.1 Å². The summed E-state index contributed by atoms with van der Waals surface area (Å²) in [6.07, 6.45) is 2.76. The van der Waals surface area contributed by atoms with Gasteiger partial charge in [0.15, 0.2) is 0 Å². The zero-order chi connectivity index (χ0) is 17.5. The van der Waals surface area contributed by atoms with Gasteiger partial charge < -0.3 is 9.88 Å². The Morgan fingerprint density at radius 1 is 1.21 bits per heavy atom. The number of benzene rings is 1. The van der Waals surface area contributed by atoms with Gasteiger partial charge in [-0.25, -0.2) is 0 Å². The molecule has 1 N–H and O–H groups in total. The van der Waals surface area contributed by atoms with E-state index >= 15 is 0 Å². The molecule has 0 atom stereocenters. The Balaban J connectivity index is 1.71. The molecule has 24 heavy (non-hydrogen) atoms. The molecule has 1 aromatic heterocycles. The van der Waals surface area contributed by atoms with Gasteiger partial charge in [0.25, 0.3) is 0 Å². The Hall–Kier alpha value is -1.77. The third-order valence-corrected chi connectivity index (χ3v) is 5.19. The van der Waals surface area contributed by atoms with Gasteiger partial charge >= 0.3 is 0 Å². The summed E-state index contributed by atoms with van der Waals surface area (Å²) < 4.78 is 0. The minimum Gasteiger partial charge on any atom is -0.358 e. The third kappa shape index (κ3) is 3.50. The summed E-state index contributed by atoms with van der Waals surface area (Å²) in [7, 11) is 0. The fraction of sp³-hybridized carbons (Fsp3) is 0.571. The highest BCUT2D eigenvalue weighted by Crippen LogP contribution is 2.34. The number of fused-ring (bicyclic) bond motifs is 1. The molecule has 0 aliphatic carbocycles. The first kappa shape index (κ1) is 17.1. The number of hydrogen-bond donors (Lipinski definition) is 1. The van der Waals surface area contributed by atoms with Gasteiger partial charge in [-0.15, -0.1) is 0 Å². The fourth-order valence-corrected chi connectivity index (χ4v) is 3.85. The maximum absolute atomic E-state index is 12.4. The number of carbonyl (C=O) groups is 1. The maximum Gasteiger partial charge on any atom is 0.223 e. The van der Waals surface area contributed by atoms with Gasteiger partial charge in [0.05, 0.1) is 0 Å². The van der Waals surface area contributed by atoms with Crippen LogP contribution >= 0.6 is 0 Å². The molecule has 3 rings (SSSR count). The van der Waals surface area contributed by atoms with Crippen LogP contribution in [0.1, 0.15) is 62.8 Å². The van der Waals surface area contributed by atoms with Gasteiger partial charge in [-0.2, -0.15) is 0 Å². The van der Waals surface area contributed by atoms with Gasteiger partial charge in [-0.1, -0.05) is 32.4 Å². The summed E-state index contributed by atoms with van der Waals surface area (Å²) >= 11 is 0. The summed E-state index contributed by atoms with van der Waals surface area (Å²) in [6, 6.07) is 6.62. The zero-order valence-electron chi connectivity index (χ0n) is 15.7. The number of amides is 1. The standard InChI is InChI=1S/C21H30N2O/c1-14-6-7-18-17(12-14)15(2)20(22-18)16-8-10-23(11-9-16)19(24)13-21(3,4)5/h6-7,12,16,22H,8-11,13H2,1-5H3. The van der Waals surface area contributed by atoms with Crippen LogP contribution in [-0.4, -0.2) is 28.9 Å². The lowest BCUT2D eigenvalue weighted by molar-refractivity contribution is -0.134. The van der Waals surface area contributed by atoms with Crippen molar-refractivity contribution in [3.8, 4) is 0 Å². The summed E-state index contributed by atoms with van der Waals surface area (Å²) in [6.45, 7) is 12.5. The Morgan fingerprint density at radius 3 is 2.50 bits per heavy atom. The van der Waals surface area contributed by atoms with E-state index in [2.05, 4.69) is 62.7 Å². The van der Waals surface area contributed by atoms with Crippen LogP contribution in [0.25, 0.3) is 10.9 Å². The molecule has 0 spiro atoms. The molecular formula is C21H30N2O. The highest BCUT2D eigenvalue weighted by molar-refractivity contribution is 5.85. The molecule has 1 aliphatic heterocycles. The number of rotatable bonds is 2. The van der Waals surface area contributed by atoms with Gasteiger partial charge in [-0.05, 0) is 49.8 Å². The topological polar surface area (TPSA) is 36.1 Å². The number of piperidine rings is 1. The number of nitrogens with one attached hydrogen (secondary N) is 1. The largest absolute Gasteiger partial charge is 0.358 e. The normalized spacial score (nSPS) is 16.8. The molecule has 2 heterocycles. The molecule has 3 heteroatoms. The molecule has 1 aromatic carbocycles. The van der Waals surface area contributed by atoms with Crippen molar-refractivity contribution in [1.82, 2.24) is 9.88 Å². The van der Waals surface area contributed by atoms with Crippen LogP contribution < -0.4 is 0 Å². The van der Waals surface area contributed by atoms with Crippen molar-refractivity contribution >= 4 is 16.8 Å². The van der Waals surface area contributed by atoms with E-state index in [0.717, 1.165) is 25.9 Å². The molecule has 1 saturated heterocycles. The lowest BCUT2D eigenvalue weighted by Gasteiger charge is -2.33. The van der Waals surface area contributed by atoms with E-state index in [1.54, 1.807) is 0 Å². The zero-order valence-corrected chi connectivity index (χ0v) is 15.7. The minimum atomic E-state index is 0.0690. The Bertz CT molecular complexity index is 743. The number of H-pyrrole nitrogens is 1. The molecule has 1 amide bonds. The quantitative estimate of drug-likeness (QED) is 0.835. The monoisotopic (exact) mass is 326 g/mol. The third-order valence-electron chi connectivity index (χ3n) is 5.19.